The first kappa shape index (κ1) is 16.8. The highest BCUT2D eigenvalue weighted by Gasteiger charge is 2.28. The number of piperidine rings is 1. The molecule has 1 aliphatic rings. The van der Waals surface area contributed by atoms with Crippen molar-refractivity contribution in [2.24, 2.45) is 0 Å². The number of halogens is 1. The maximum atomic E-state index is 13.8. The van der Waals surface area contributed by atoms with Crippen molar-refractivity contribution in [3.05, 3.63) is 57.6 Å². The average Bonchev–Trinajstić information content (AvgIpc) is 3.35. The average molecular weight is 372 g/mol. The fourth-order valence-corrected chi connectivity index (χ4v) is 3.96. The molecule has 1 saturated heterocycles. The van der Waals surface area contributed by atoms with Gasteiger partial charge in [0.15, 0.2) is 5.82 Å². The lowest BCUT2D eigenvalue weighted by atomic mass is 9.97. The zero-order valence-electron chi connectivity index (χ0n) is 13.9. The summed E-state index contributed by atoms with van der Waals surface area (Å²) >= 11 is 1.38. The van der Waals surface area contributed by atoms with Crippen LogP contribution in [0.2, 0.25) is 0 Å². The first-order valence-electron chi connectivity index (χ1n) is 8.41. The number of likely N-dealkylation sites (tertiary alicyclic amines) is 1. The Morgan fingerprint density at radius 1 is 1.38 bits per heavy atom. The van der Waals surface area contributed by atoms with E-state index in [1.54, 1.807) is 28.5 Å². The standard InChI is InChI=1S/C17H17FN6OS/c18-13-6-2-1-4-11(13)8-15-19-14(10-26-15)17(25)24-7-3-5-12(9-24)16-20-22-23-21-16/h1-2,4,6,10,12H,3,5,7-9H2,(H,20,21,22,23). The van der Waals surface area contributed by atoms with Crippen LogP contribution in [0, 0.1) is 5.82 Å². The van der Waals surface area contributed by atoms with Crippen LogP contribution in [0.15, 0.2) is 29.6 Å². The van der Waals surface area contributed by atoms with Gasteiger partial charge in [-0.2, -0.15) is 5.21 Å². The first-order valence-corrected chi connectivity index (χ1v) is 9.29. The van der Waals surface area contributed by atoms with E-state index in [4.69, 9.17) is 0 Å². The van der Waals surface area contributed by atoms with Crippen LogP contribution in [0.4, 0.5) is 4.39 Å². The van der Waals surface area contributed by atoms with Crippen LogP contribution < -0.4 is 0 Å². The minimum absolute atomic E-state index is 0.0861. The number of aromatic nitrogens is 5. The summed E-state index contributed by atoms with van der Waals surface area (Å²) in [7, 11) is 0. The van der Waals surface area contributed by atoms with Crippen LogP contribution in [0.5, 0.6) is 0 Å². The molecular formula is C17H17FN6OS. The highest BCUT2D eigenvalue weighted by molar-refractivity contribution is 7.09. The van der Waals surface area contributed by atoms with E-state index in [9.17, 15) is 9.18 Å². The van der Waals surface area contributed by atoms with Crippen molar-refractivity contribution in [3.8, 4) is 0 Å². The molecule has 0 bridgehead atoms. The van der Waals surface area contributed by atoms with Crippen molar-refractivity contribution in [1.82, 2.24) is 30.5 Å². The van der Waals surface area contributed by atoms with E-state index >= 15 is 0 Å². The van der Waals surface area contributed by atoms with Crippen LogP contribution in [-0.4, -0.2) is 49.5 Å². The number of hydrogen-bond acceptors (Lipinski definition) is 6. The third-order valence-corrected chi connectivity index (χ3v) is 5.35. The summed E-state index contributed by atoms with van der Waals surface area (Å²) in [6.45, 7) is 1.24. The molecule has 1 aromatic carbocycles. The Morgan fingerprint density at radius 3 is 3.08 bits per heavy atom. The quantitative estimate of drug-likeness (QED) is 0.760. The van der Waals surface area contributed by atoms with E-state index in [-0.39, 0.29) is 17.6 Å². The molecule has 1 fully saturated rings. The monoisotopic (exact) mass is 372 g/mol. The largest absolute Gasteiger partial charge is 0.337 e. The topological polar surface area (TPSA) is 87.7 Å². The maximum absolute atomic E-state index is 13.8. The van der Waals surface area contributed by atoms with Crippen molar-refractivity contribution >= 4 is 17.2 Å². The fourth-order valence-electron chi connectivity index (χ4n) is 3.17. The summed E-state index contributed by atoms with van der Waals surface area (Å²) < 4.78 is 13.8. The van der Waals surface area contributed by atoms with Crippen molar-refractivity contribution in [2.75, 3.05) is 13.1 Å². The number of aromatic amines is 1. The Labute approximate surface area is 153 Å². The molecule has 26 heavy (non-hydrogen) atoms. The van der Waals surface area contributed by atoms with Crippen molar-refractivity contribution in [1.29, 1.82) is 0 Å². The van der Waals surface area contributed by atoms with Crippen molar-refractivity contribution in [3.63, 3.8) is 0 Å². The highest BCUT2D eigenvalue weighted by atomic mass is 32.1. The minimum Gasteiger partial charge on any atom is -0.337 e. The van der Waals surface area contributed by atoms with E-state index in [0.29, 0.717) is 36.6 Å². The molecule has 1 atom stereocenters. The molecule has 0 radical (unpaired) electrons. The summed E-state index contributed by atoms with van der Waals surface area (Å²) in [4.78, 5) is 19.0. The molecule has 1 aliphatic heterocycles. The van der Waals surface area contributed by atoms with Gasteiger partial charge in [-0.3, -0.25) is 4.79 Å². The van der Waals surface area contributed by atoms with Gasteiger partial charge in [-0.05, 0) is 24.5 Å². The van der Waals surface area contributed by atoms with Crippen LogP contribution in [0.3, 0.4) is 0 Å². The molecule has 0 spiro atoms. The zero-order valence-corrected chi connectivity index (χ0v) is 14.7. The molecule has 1 unspecified atom stereocenters. The van der Waals surface area contributed by atoms with Crippen LogP contribution in [0.25, 0.3) is 0 Å². The zero-order chi connectivity index (χ0) is 17.9. The van der Waals surface area contributed by atoms with Gasteiger partial charge in [-0.25, -0.2) is 9.37 Å². The van der Waals surface area contributed by atoms with Crippen molar-refractivity contribution < 1.29 is 9.18 Å². The van der Waals surface area contributed by atoms with Crippen molar-refractivity contribution in [2.45, 2.75) is 25.2 Å². The maximum Gasteiger partial charge on any atom is 0.273 e. The fraction of sp³-hybridized carbons (Fsp3) is 0.353. The lowest BCUT2D eigenvalue weighted by Crippen LogP contribution is -2.39. The molecule has 3 heterocycles. The molecule has 0 aliphatic carbocycles. The van der Waals surface area contributed by atoms with E-state index in [1.807, 2.05) is 0 Å². The molecule has 134 valence electrons. The van der Waals surface area contributed by atoms with E-state index in [2.05, 4.69) is 25.6 Å². The molecule has 1 N–H and O–H groups in total. The smallest absolute Gasteiger partial charge is 0.273 e. The SMILES string of the molecule is O=C(c1csc(Cc2ccccc2F)n1)N1CCCC(c2nn[nH]n2)C1. The van der Waals surface area contributed by atoms with Gasteiger partial charge in [0, 0.05) is 30.8 Å². The molecule has 0 saturated carbocycles. The second kappa shape index (κ2) is 7.28. The summed E-state index contributed by atoms with van der Waals surface area (Å²) in [6, 6.07) is 6.62. The predicted octanol–water partition coefficient (Wildman–Crippen LogP) is 2.41. The van der Waals surface area contributed by atoms with Crippen LogP contribution in [-0.2, 0) is 6.42 Å². The number of amides is 1. The number of rotatable bonds is 4. The molecule has 9 heteroatoms. The Bertz CT molecular complexity index is 896. The Balaban J connectivity index is 1.45. The summed E-state index contributed by atoms with van der Waals surface area (Å²) in [5, 5.41) is 16.6. The molecule has 3 aromatic rings. The Hall–Kier alpha value is -2.68. The summed E-state index contributed by atoms with van der Waals surface area (Å²) in [6.07, 6.45) is 2.20. The third kappa shape index (κ3) is 3.48. The second-order valence-corrected chi connectivity index (χ2v) is 7.20. The number of benzene rings is 1. The van der Waals surface area contributed by atoms with Crippen LogP contribution in [0.1, 0.15) is 45.6 Å². The second-order valence-electron chi connectivity index (χ2n) is 6.25. The van der Waals surface area contributed by atoms with Gasteiger partial charge in [0.1, 0.15) is 11.5 Å². The van der Waals surface area contributed by atoms with E-state index < -0.39 is 0 Å². The number of tetrazole rings is 1. The number of nitrogens with zero attached hydrogens (tertiary/aromatic N) is 5. The number of thiazole rings is 1. The van der Waals surface area contributed by atoms with Gasteiger partial charge < -0.3 is 4.90 Å². The van der Waals surface area contributed by atoms with Gasteiger partial charge in [0.25, 0.3) is 5.91 Å². The summed E-state index contributed by atoms with van der Waals surface area (Å²) in [5.41, 5.74) is 0.992. The van der Waals surface area contributed by atoms with Gasteiger partial charge in [0.2, 0.25) is 0 Å². The van der Waals surface area contributed by atoms with Gasteiger partial charge >= 0.3 is 0 Å². The number of nitrogens with one attached hydrogen (secondary N) is 1. The molecule has 1 amide bonds. The van der Waals surface area contributed by atoms with Gasteiger partial charge in [-0.15, -0.1) is 21.5 Å². The molecule has 4 rings (SSSR count). The predicted molar refractivity (Wildman–Crippen MR) is 93.4 cm³/mol. The number of hydrogen-bond donors (Lipinski definition) is 1. The lowest BCUT2D eigenvalue weighted by Gasteiger charge is -2.30. The number of H-pyrrole nitrogens is 1. The van der Waals surface area contributed by atoms with Gasteiger partial charge in [0.05, 0.1) is 5.01 Å². The Kier molecular flexibility index (Phi) is 4.70. The van der Waals surface area contributed by atoms with E-state index in [0.717, 1.165) is 17.8 Å². The summed E-state index contributed by atoms with van der Waals surface area (Å²) in [5.74, 6) is 0.368. The number of carbonyl (C=O) groups excluding carboxylic acids is 1. The minimum atomic E-state index is -0.255. The Morgan fingerprint density at radius 2 is 2.27 bits per heavy atom. The van der Waals surface area contributed by atoms with E-state index in [1.165, 1.54) is 17.4 Å². The molecule has 2 aromatic heterocycles. The third-order valence-electron chi connectivity index (χ3n) is 4.51. The lowest BCUT2D eigenvalue weighted by molar-refractivity contribution is 0.0699. The first-order chi connectivity index (χ1) is 12.7. The molecule has 7 nitrogen and oxygen atoms in total. The van der Waals surface area contributed by atoms with Gasteiger partial charge in [-0.1, -0.05) is 23.4 Å². The highest BCUT2D eigenvalue weighted by Crippen LogP contribution is 2.25. The molecular weight excluding hydrogens is 355 g/mol. The number of carbonyl (C=O) groups is 1. The normalized spacial score (nSPS) is 17.4. The van der Waals surface area contributed by atoms with Crippen LogP contribution >= 0.6 is 11.3 Å².